The van der Waals surface area contributed by atoms with E-state index < -0.39 is 0 Å². The minimum atomic E-state index is 0.169. The van der Waals surface area contributed by atoms with Gasteiger partial charge in [0.25, 0.3) is 7.41 Å². The van der Waals surface area contributed by atoms with Gasteiger partial charge >= 0.3 is 0 Å². The Morgan fingerprint density at radius 1 is 1.07 bits per heavy atom. The monoisotopic (exact) mass is 205 g/mol. The van der Waals surface area contributed by atoms with Crippen molar-refractivity contribution in [3.05, 3.63) is 11.8 Å². The fourth-order valence-corrected chi connectivity index (χ4v) is 1.37. The van der Waals surface area contributed by atoms with Crippen LogP contribution in [0.3, 0.4) is 0 Å². The fourth-order valence-electron chi connectivity index (χ4n) is 1.37. The van der Waals surface area contributed by atoms with Crippen molar-refractivity contribution in [3.63, 3.8) is 0 Å². The molecule has 1 aliphatic heterocycles. The molecule has 5 heteroatoms. The van der Waals surface area contributed by atoms with Crippen LogP contribution in [0.15, 0.2) is 11.8 Å². The molecule has 0 amide bonds. The van der Waals surface area contributed by atoms with Crippen LogP contribution in [0.1, 0.15) is 41.5 Å². The average Bonchev–Trinajstić information content (AvgIpc) is 2.28. The van der Waals surface area contributed by atoms with Gasteiger partial charge < -0.3 is 10.3 Å². The lowest BCUT2D eigenvalue weighted by molar-refractivity contribution is 0.410. The first-order chi connectivity index (χ1) is 6.66. The Kier molecular flexibility index (Phi) is 3.44. The van der Waals surface area contributed by atoms with E-state index in [2.05, 4.69) is 73.4 Å². The Balaban J connectivity index is 2.48. The van der Waals surface area contributed by atoms with Crippen LogP contribution in [-0.4, -0.2) is 19.6 Å². The Bertz CT molecular complexity index is 250. The molecule has 0 unspecified atom stereocenters. The van der Waals surface area contributed by atoms with Gasteiger partial charge in [0.2, 0.25) is 0 Å². The van der Waals surface area contributed by atoms with Gasteiger partial charge in [-0.3, -0.25) is 0 Å². The zero-order valence-corrected chi connectivity index (χ0v) is 10.7. The molecule has 0 aromatic heterocycles. The standard InChI is InChI=1S/C10H21B2N3/c1-9(2,3)11-8-7-15(14-13-8)12-10(4,5)6/h7,13-14H,1-6H3. The van der Waals surface area contributed by atoms with E-state index in [-0.39, 0.29) is 10.6 Å². The number of hydrogen-bond donors (Lipinski definition) is 2. The maximum absolute atomic E-state index is 3.14. The second kappa shape index (κ2) is 4.12. The topological polar surface area (TPSA) is 27.3 Å². The molecular formula is C10H21B2N3. The first-order valence-corrected chi connectivity index (χ1v) is 5.39. The predicted molar refractivity (Wildman–Crippen MR) is 67.1 cm³/mol. The van der Waals surface area contributed by atoms with Crippen LogP contribution in [0.25, 0.3) is 0 Å². The SMILES string of the molecule is CC(C)(C)[B]C1=CN([B]C(C)(C)C)NN1. The molecule has 1 rings (SSSR count). The van der Waals surface area contributed by atoms with Gasteiger partial charge in [-0.2, -0.15) is 5.53 Å². The summed E-state index contributed by atoms with van der Waals surface area (Å²) in [7, 11) is 4.35. The van der Waals surface area contributed by atoms with Crippen molar-refractivity contribution in [3.8, 4) is 0 Å². The second-order valence-electron chi connectivity index (χ2n) is 6.23. The zero-order chi connectivity index (χ0) is 11.7. The smallest absolute Gasteiger partial charge is 0.277 e. The van der Waals surface area contributed by atoms with E-state index in [1.54, 1.807) is 0 Å². The van der Waals surface area contributed by atoms with Crippen molar-refractivity contribution in [2.75, 3.05) is 0 Å². The number of hydrazine groups is 2. The molecule has 82 valence electrons. The third-order valence-electron chi connectivity index (χ3n) is 1.72. The molecule has 0 spiro atoms. The Morgan fingerprint density at radius 3 is 2.13 bits per heavy atom. The number of nitrogens with zero attached hydrogens (tertiary/aromatic N) is 1. The average molecular weight is 205 g/mol. The lowest BCUT2D eigenvalue weighted by Gasteiger charge is -2.23. The molecule has 0 aliphatic carbocycles. The Hall–Kier alpha value is -0.570. The summed E-state index contributed by atoms with van der Waals surface area (Å²) in [6, 6.07) is 0. The minimum absolute atomic E-state index is 0.169. The zero-order valence-electron chi connectivity index (χ0n) is 10.7. The highest BCUT2D eigenvalue weighted by Crippen LogP contribution is 2.25. The van der Waals surface area contributed by atoms with Crippen LogP contribution in [0.5, 0.6) is 0 Å². The molecular weight excluding hydrogens is 184 g/mol. The highest BCUT2D eigenvalue weighted by molar-refractivity contribution is 6.49. The van der Waals surface area contributed by atoms with Crippen LogP contribution in [0.2, 0.25) is 10.6 Å². The lowest BCUT2D eigenvalue weighted by Crippen LogP contribution is -2.42. The van der Waals surface area contributed by atoms with Crippen LogP contribution < -0.4 is 11.0 Å². The first-order valence-electron chi connectivity index (χ1n) is 5.39. The maximum atomic E-state index is 3.14. The highest BCUT2D eigenvalue weighted by atomic mass is 15.7. The van der Waals surface area contributed by atoms with E-state index in [1.165, 1.54) is 0 Å². The lowest BCUT2D eigenvalue weighted by atomic mass is 9.53. The summed E-state index contributed by atoms with van der Waals surface area (Å²) in [5.41, 5.74) is 7.34. The Labute approximate surface area is 95.1 Å². The first kappa shape index (κ1) is 12.5. The van der Waals surface area contributed by atoms with Crippen molar-refractivity contribution < 1.29 is 0 Å². The number of hydrogen-bond acceptors (Lipinski definition) is 3. The van der Waals surface area contributed by atoms with Crippen LogP contribution in [0, 0.1) is 0 Å². The third-order valence-corrected chi connectivity index (χ3v) is 1.72. The summed E-state index contributed by atoms with van der Waals surface area (Å²) in [6.07, 6.45) is 2.07. The van der Waals surface area contributed by atoms with Crippen molar-refractivity contribution in [1.82, 2.24) is 15.9 Å². The molecule has 1 heterocycles. The van der Waals surface area contributed by atoms with E-state index in [1.807, 2.05) is 4.92 Å². The van der Waals surface area contributed by atoms with E-state index in [9.17, 15) is 0 Å². The van der Waals surface area contributed by atoms with Crippen molar-refractivity contribution in [2.45, 2.75) is 52.2 Å². The molecule has 0 bridgehead atoms. The van der Waals surface area contributed by atoms with Gasteiger partial charge in [-0.1, -0.05) is 46.9 Å². The Morgan fingerprint density at radius 2 is 1.67 bits per heavy atom. The summed E-state index contributed by atoms with van der Waals surface area (Å²) in [5.74, 6) is 0. The number of rotatable bonds is 2. The van der Waals surface area contributed by atoms with Crippen molar-refractivity contribution >= 4 is 14.7 Å². The highest BCUT2D eigenvalue weighted by Gasteiger charge is 2.23. The molecule has 0 atom stereocenters. The van der Waals surface area contributed by atoms with Crippen molar-refractivity contribution in [1.29, 1.82) is 0 Å². The minimum Gasteiger partial charge on any atom is -0.347 e. The third kappa shape index (κ3) is 5.17. The second-order valence-corrected chi connectivity index (χ2v) is 6.23. The van der Waals surface area contributed by atoms with Crippen LogP contribution in [0.4, 0.5) is 0 Å². The van der Waals surface area contributed by atoms with Gasteiger partial charge in [0.1, 0.15) is 0 Å². The van der Waals surface area contributed by atoms with E-state index >= 15 is 0 Å². The van der Waals surface area contributed by atoms with Crippen molar-refractivity contribution in [2.24, 2.45) is 0 Å². The predicted octanol–water partition coefficient (Wildman–Crippen LogP) is 1.87. The van der Waals surface area contributed by atoms with Gasteiger partial charge in [-0.15, -0.1) is 0 Å². The largest absolute Gasteiger partial charge is 0.347 e. The molecule has 15 heavy (non-hydrogen) atoms. The normalized spacial score (nSPS) is 17.2. The summed E-state index contributed by atoms with van der Waals surface area (Å²) in [5, 5.41) is 0.362. The summed E-state index contributed by atoms with van der Waals surface area (Å²) < 4.78 is 0. The van der Waals surface area contributed by atoms with Gasteiger partial charge in [0.05, 0.1) is 0 Å². The number of nitrogens with one attached hydrogen (secondary N) is 2. The molecule has 0 aromatic carbocycles. The van der Waals surface area contributed by atoms with Gasteiger partial charge in [0, 0.05) is 11.8 Å². The molecule has 0 aromatic rings. The van der Waals surface area contributed by atoms with Gasteiger partial charge in [0.15, 0.2) is 7.28 Å². The van der Waals surface area contributed by atoms with Crippen LogP contribution >= 0.6 is 0 Å². The van der Waals surface area contributed by atoms with E-state index in [0.29, 0.717) is 0 Å². The summed E-state index contributed by atoms with van der Waals surface area (Å²) in [4.78, 5) is 1.97. The molecule has 2 radical (unpaired) electrons. The van der Waals surface area contributed by atoms with Crippen LogP contribution in [-0.2, 0) is 0 Å². The molecule has 0 saturated carbocycles. The summed E-state index contributed by atoms with van der Waals surface area (Å²) in [6.45, 7) is 13.1. The quantitative estimate of drug-likeness (QED) is 0.673. The van der Waals surface area contributed by atoms with E-state index in [4.69, 9.17) is 0 Å². The summed E-state index contributed by atoms with van der Waals surface area (Å²) >= 11 is 0. The molecule has 2 N–H and O–H groups in total. The van der Waals surface area contributed by atoms with Gasteiger partial charge in [-0.05, 0) is 5.31 Å². The molecule has 1 aliphatic rings. The van der Waals surface area contributed by atoms with E-state index in [0.717, 1.165) is 5.60 Å². The van der Waals surface area contributed by atoms with Gasteiger partial charge in [-0.25, -0.2) is 0 Å². The maximum Gasteiger partial charge on any atom is 0.277 e. The fraction of sp³-hybridized carbons (Fsp3) is 0.800. The molecule has 0 fully saturated rings. The molecule has 3 nitrogen and oxygen atoms in total. The molecule has 0 saturated heterocycles.